The minimum atomic E-state index is 0.314. The number of nitrogens with zero attached hydrogens (tertiary/aromatic N) is 1. The third-order valence-corrected chi connectivity index (χ3v) is 2.56. The van der Waals surface area contributed by atoms with Gasteiger partial charge in [-0.1, -0.05) is 31.2 Å². The second kappa shape index (κ2) is 4.49. The number of benzene rings is 1. The van der Waals surface area contributed by atoms with Crippen LogP contribution in [0.3, 0.4) is 0 Å². The van der Waals surface area contributed by atoms with E-state index in [9.17, 15) is 0 Å². The summed E-state index contributed by atoms with van der Waals surface area (Å²) in [4.78, 5) is 4.09. The van der Waals surface area contributed by atoms with Crippen molar-refractivity contribution in [2.75, 3.05) is 0 Å². The number of aryl methyl sites for hydroxylation is 1. The van der Waals surface area contributed by atoms with Crippen LogP contribution in [0, 0.1) is 0 Å². The molecular weight excluding hydrogens is 210 g/mol. The molecule has 0 amide bonds. The normalized spacial score (nSPS) is 10.5. The summed E-state index contributed by atoms with van der Waals surface area (Å²) in [5.74, 6) is 1.68. The number of oxazole rings is 1. The van der Waals surface area contributed by atoms with Crippen molar-refractivity contribution in [3.63, 3.8) is 0 Å². The minimum Gasteiger partial charge on any atom is -0.439 e. The van der Waals surface area contributed by atoms with Crippen LogP contribution in [0.2, 0.25) is 0 Å². The minimum absolute atomic E-state index is 0.314. The maximum absolute atomic E-state index is 5.65. The molecule has 0 bridgehead atoms. The molecule has 3 heteroatoms. The number of rotatable bonds is 3. The predicted octanol–water partition coefficient (Wildman–Crippen LogP) is 3.64. The zero-order valence-corrected chi connectivity index (χ0v) is 9.29. The zero-order chi connectivity index (χ0) is 10.7. The van der Waals surface area contributed by atoms with Crippen molar-refractivity contribution >= 4 is 11.6 Å². The molecule has 0 saturated carbocycles. The van der Waals surface area contributed by atoms with Gasteiger partial charge < -0.3 is 4.42 Å². The molecule has 78 valence electrons. The molecule has 0 N–H and O–H groups in total. The van der Waals surface area contributed by atoms with E-state index in [1.54, 1.807) is 6.20 Å². The molecule has 2 nitrogen and oxygen atoms in total. The topological polar surface area (TPSA) is 26.0 Å². The monoisotopic (exact) mass is 221 g/mol. The largest absolute Gasteiger partial charge is 0.439 e. The van der Waals surface area contributed by atoms with Crippen LogP contribution in [0.1, 0.15) is 18.4 Å². The Bertz CT molecular complexity index is 450. The van der Waals surface area contributed by atoms with Gasteiger partial charge in [0, 0.05) is 5.56 Å². The van der Waals surface area contributed by atoms with E-state index < -0.39 is 0 Å². The van der Waals surface area contributed by atoms with Gasteiger partial charge in [0.15, 0.2) is 5.76 Å². The molecule has 15 heavy (non-hydrogen) atoms. The van der Waals surface area contributed by atoms with E-state index >= 15 is 0 Å². The first-order valence-electron chi connectivity index (χ1n) is 4.94. The van der Waals surface area contributed by atoms with Gasteiger partial charge >= 0.3 is 0 Å². The summed E-state index contributed by atoms with van der Waals surface area (Å²) in [5.41, 5.74) is 2.36. The van der Waals surface area contributed by atoms with Crippen LogP contribution >= 0.6 is 11.6 Å². The molecule has 1 heterocycles. The average molecular weight is 222 g/mol. The molecule has 2 rings (SSSR count). The number of hydrogen-bond donors (Lipinski definition) is 0. The molecule has 0 fully saturated rings. The molecule has 0 aliphatic heterocycles. The van der Waals surface area contributed by atoms with Gasteiger partial charge in [-0.05, 0) is 12.0 Å². The summed E-state index contributed by atoms with van der Waals surface area (Å²) in [5, 5.41) is 0. The average Bonchev–Trinajstić information content (AvgIpc) is 2.77. The number of halogens is 1. The summed E-state index contributed by atoms with van der Waals surface area (Å²) in [7, 11) is 0. The molecule has 0 radical (unpaired) electrons. The van der Waals surface area contributed by atoms with Gasteiger partial charge in [-0.2, -0.15) is 0 Å². The van der Waals surface area contributed by atoms with Gasteiger partial charge in [0.05, 0.1) is 12.1 Å². The van der Waals surface area contributed by atoms with E-state index in [2.05, 4.69) is 18.0 Å². The third kappa shape index (κ3) is 2.05. The second-order valence-corrected chi connectivity index (χ2v) is 3.53. The van der Waals surface area contributed by atoms with Crippen molar-refractivity contribution in [1.82, 2.24) is 4.98 Å². The highest BCUT2D eigenvalue weighted by molar-refractivity contribution is 6.16. The van der Waals surface area contributed by atoms with Gasteiger partial charge in [-0.3, -0.25) is 0 Å². The molecule has 0 spiro atoms. The lowest BCUT2D eigenvalue weighted by atomic mass is 10.0. The van der Waals surface area contributed by atoms with Crippen molar-refractivity contribution in [3.05, 3.63) is 41.9 Å². The molecule has 2 aromatic rings. The number of aromatic nitrogens is 1. The lowest BCUT2D eigenvalue weighted by molar-refractivity contribution is 0.528. The maximum Gasteiger partial charge on any atom is 0.209 e. The van der Waals surface area contributed by atoms with Crippen molar-refractivity contribution in [1.29, 1.82) is 0 Å². The first-order valence-corrected chi connectivity index (χ1v) is 5.47. The lowest BCUT2D eigenvalue weighted by Crippen LogP contribution is -1.84. The SMILES string of the molecule is CCc1ccccc1-c1cnc(CCl)o1. The smallest absolute Gasteiger partial charge is 0.209 e. The van der Waals surface area contributed by atoms with E-state index in [1.165, 1.54) is 5.56 Å². The van der Waals surface area contributed by atoms with Gasteiger partial charge in [0.25, 0.3) is 0 Å². The van der Waals surface area contributed by atoms with Gasteiger partial charge in [0.1, 0.15) is 0 Å². The van der Waals surface area contributed by atoms with E-state index in [-0.39, 0.29) is 0 Å². The molecule has 0 unspecified atom stereocenters. The predicted molar refractivity (Wildman–Crippen MR) is 60.9 cm³/mol. The first kappa shape index (κ1) is 10.2. The summed E-state index contributed by atoms with van der Waals surface area (Å²) in [6.07, 6.45) is 2.71. The Morgan fingerprint density at radius 2 is 2.13 bits per heavy atom. The Hall–Kier alpha value is -1.28. The van der Waals surface area contributed by atoms with Crippen molar-refractivity contribution < 1.29 is 4.42 Å². The summed E-state index contributed by atoms with van der Waals surface area (Å²) >= 11 is 5.65. The second-order valence-electron chi connectivity index (χ2n) is 3.26. The number of alkyl halides is 1. The molecular formula is C12H12ClNO. The zero-order valence-electron chi connectivity index (χ0n) is 8.53. The highest BCUT2D eigenvalue weighted by atomic mass is 35.5. The van der Waals surface area contributed by atoms with Crippen LogP contribution < -0.4 is 0 Å². The molecule has 1 aromatic heterocycles. The van der Waals surface area contributed by atoms with Crippen LogP contribution in [0.25, 0.3) is 11.3 Å². The number of hydrogen-bond acceptors (Lipinski definition) is 2. The summed E-state index contributed by atoms with van der Waals surface area (Å²) in [6.45, 7) is 2.12. The van der Waals surface area contributed by atoms with Crippen LogP contribution in [0.4, 0.5) is 0 Å². The van der Waals surface area contributed by atoms with Crippen molar-refractivity contribution in [2.45, 2.75) is 19.2 Å². The summed E-state index contributed by atoms with van der Waals surface area (Å²) in [6, 6.07) is 8.16. The van der Waals surface area contributed by atoms with Crippen LogP contribution in [0.15, 0.2) is 34.9 Å². The van der Waals surface area contributed by atoms with E-state index in [4.69, 9.17) is 16.0 Å². The fourth-order valence-corrected chi connectivity index (χ4v) is 1.69. The Kier molecular flexibility index (Phi) is 3.07. The van der Waals surface area contributed by atoms with E-state index in [1.807, 2.05) is 18.2 Å². The van der Waals surface area contributed by atoms with Gasteiger partial charge in [-0.25, -0.2) is 4.98 Å². The quantitative estimate of drug-likeness (QED) is 0.740. The van der Waals surface area contributed by atoms with Crippen LogP contribution in [-0.2, 0) is 12.3 Å². The van der Waals surface area contributed by atoms with Crippen molar-refractivity contribution in [3.8, 4) is 11.3 Å². The maximum atomic E-state index is 5.65. The fraction of sp³-hybridized carbons (Fsp3) is 0.250. The Morgan fingerprint density at radius 3 is 2.80 bits per heavy atom. The highest BCUT2D eigenvalue weighted by Crippen LogP contribution is 2.25. The van der Waals surface area contributed by atoms with Gasteiger partial charge in [0.2, 0.25) is 5.89 Å². The standard InChI is InChI=1S/C12H12ClNO/c1-2-9-5-3-4-6-10(9)11-8-14-12(7-13)15-11/h3-6,8H,2,7H2,1H3. The first-order chi connectivity index (χ1) is 7.35. The molecule has 0 saturated heterocycles. The third-order valence-electron chi connectivity index (χ3n) is 2.33. The Balaban J connectivity index is 2.44. The molecule has 0 atom stereocenters. The van der Waals surface area contributed by atoms with E-state index in [0.717, 1.165) is 17.7 Å². The van der Waals surface area contributed by atoms with Gasteiger partial charge in [-0.15, -0.1) is 11.6 Å². The van der Waals surface area contributed by atoms with Crippen LogP contribution in [0.5, 0.6) is 0 Å². The molecule has 0 aliphatic rings. The van der Waals surface area contributed by atoms with E-state index in [0.29, 0.717) is 11.8 Å². The van der Waals surface area contributed by atoms with Crippen molar-refractivity contribution in [2.24, 2.45) is 0 Å². The molecule has 1 aromatic carbocycles. The Labute approximate surface area is 93.9 Å². The highest BCUT2D eigenvalue weighted by Gasteiger charge is 2.08. The Morgan fingerprint density at radius 1 is 1.33 bits per heavy atom. The lowest BCUT2D eigenvalue weighted by Gasteiger charge is -2.02. The molecule has 0 aliphatic carbocycles. The van der Waals surface area contributed by atoms with Crippen LogP contribution in [-0.4, -0.2) is 4.98 Å². The summed E-state index contributed by atoms with van der Waals surface area (Å²) < 4.78 is 5.52. The fourth-order valence-electron chi connectivity index (χ4n) is 1.57.